The minimum atomic E-state index is 0.129. The number of aryl methyl sites for hydroxylation is 1. The van der Waals surface area contributed by atoms with Crippen LogP contribution in [0.1, 0.15) is 60.1 Å². The summed E-state index contributed by atoms with van der Waals surface area (Å²) in [6, 6.07) is 5.42. The monoisotopic (exact) mass is 306 g/mol. The Balaban J connectivity index is 1.90. The van der Waals surface area contributed by atoms with Crippen molar-refractivity contribution in [2.45, 2.75) is 58.0 Å². The maximum Gasteiger partial charge on any atom is 0.115 e. The van der Waals surface area contributed by atoms with Crippen LogP contribution in [-0.4, -0.2) is 11.0 Å². The number of hydrogen-bond donors (Lipinski definition) is 1. The predicted octanol–water partition coefficient (Wildman–Crippen LogP) is 4.65. The molecule has 0 amide bonds. The lowest BCUT2D eigenvalue weighted by Gasteiger charge is -2.17. The molecule has 0 bridgehead atoms. The van der Waals surface area contributed by atoms with Crippen LogP contribution in [0.4, 0.5) is 0 Å². The molecular weight excluding hydrogens is 284 g/mol. The van der Waals surface area contributed by atoms with Crippen LogP contribution in [0, 0.1) is 6.92 Å². The lowest BCUT2D eigenvalue weighted by Crippen LogP contribution is -2.24. The zero-order chi connectivity index (χ0) is 14.3. The van der Waals surface area contributed by atoms with E-state index in [4.69, 9.17) is 4.98 Å². The fraction of sp³-hybridized carbons (Fsp3) is 0.562. The van der Waals surface area contributed by atoms with Crippen molar-refractivity contribution < 1.29 is 0 Å². The number of thiophene rings is 1. The molecule has 1 fully saturated rings. The second-order valence-corrected chi connectivity index (χ2v) is 8.85. The standard InChI is InChI=1S/C16H22N2S2/c1-10-5-8-12(20-10)14(17-11-6-7-11)15-18-13(9-19-15)16(2,3)4/h5,8-9,11,14,17H,6-7H2,1-4H3. The zero-order valence-corrected chi connectivity index (χ0v) is 14.2. The van der Waals surface area contributed by atoms with Crippen LogP contribution >= 0.6 is 22.7 Å². The Hall–Kier alpha value is -0.710. The van der Waals surface area contributed by atoms with Crippen LogP contribution in [-0.2, 0) is 5.41 Å². The number of nitrogens with zero attached hydrogens (tertiary/aromatic N) is 1. The summed E-state index contributed by atoms with van der Waals surface area (Å²) < 4.78 is 0. The van der Waals surface area contributed by atoms with Gasteiger partial charge in [0.1, 0.15) is 5.01 Å². The average molecular weight is 306 g/mol. The number of hydrogen-bond acceptors (Lipinski definition) is 4. The Morgan fingerprint density at radius 1 is 1.30 bits per heavy atom. The highest BCUT2D eigenvalue weighted by atomic mass is 32.1. The van der Waals surface area contributed by atoms with Gasteiger partial charge in [0.05, 0.1) is 11.7 Å². The first-order valence-electron chi connectivity index (χ1n) is 7.22. The minimum absolute atomic E-state index is 0.129. The van der Waals surface area contributed by atoms with Gasteiger partial charge in [0.25, 0.3) is 0 Å². The number of nitrogens with one attached hydrogen (secondary N) is 1. The molecular formula is C16H22N2S2. The molecule has 2 aromatic heterocycles. The molecule has 2 heterocycles. The van der Waals surface area contributed by atoms with Crippen molar-refractivity contribution in [3.05, 3.63) is 38.0 Å². The van der Waals surface area contributed by atoms with Gasteiger partial charge in [-0.25, -0.2) is 4.98 Å². The van der Waals surface area contributed by atoms with Crippen molar-refractivity contribution in [2.75, 3.05) is 0 Å². The quantitative estimate of drug-likeness (QED) is 0.889. The van der Waals surface area contributed by atoms with Crippen LogP contribution in [0.3, 0.4) is 0 Å². The molecule has 1 aliphatic carbocycles. The summed E-state index contributed by atoms with van der Waals surface area (Å²) in [6.45, 7) is 8.85. The van der Waals surface area contributed by atoms with E-state index in [9.17, 15) is 0 Å². The number of thiazole rings is 1. The van der Waals surface area contributed by atoms with Crippen molar-refractivity contribution in [2.24, 2.45) is 0 Å². The Bertz CT molecular complexity index is 588. The third-order valence-corrected chi connectivity index (χ3v) is 5.54. The van der Waals surface area contributed by atoms with E-state index >= 15 is 0 Å². The molecule has 108 valence electrons. The Morgan fingerprint density at radius 2 is 2.05 bits per heavy atom. The lowest BCUT2D eigenvalue weighted by molar-refractivity contribution is 0.559. The topological polar surface area (TPSA) is 24.9 Å². The lowest BCUT2D eigenvalue weighted by atomic mass is 9.93. The fourth-order valence-corrected chi connectivity index (χ4v) is 4.27. The smallest absolute Gasteiger partial charge is 0.115 e. The molecule has 1 aliphatic rings. The third-order valence-electron chi connectivity index (χ3n) is 3.56. The van der Waals surface area contributed by atoms with Gasteiger partial charge in [-0.3, -0.25) is 0 Å². The Kier molecular flexibility index (Phi) is 3.73. The van der Waals surface area contributed by atoms with E-state index in [-0.39, 0.29) is 11.5 Å². The second kappa shape index (κ2) is 5.24. The van der Waals surface area contributed by atoms with Gasteiger partial charge in [0.2, 0.25) is 0 Å². The van der Waals surface area contributed by atoms with Crippen molar-refractivity contribution in [1.82, 2.24) is 10.3 Å². The van der Waals surface area contributed by atoms with Gasteiger partial charge in [-0.2, -0.15) is 0 Å². The van der Waals surface area contributed by atoms with Gasteiger partial charge >= 0.3 is 0 Å². The first-order valence-corrected chi connectivity index (χ1v) is 8.91. The fourth-order valence-electron chi connectivity index (χ4n) is 2.13. The van der Waals surface area contributed by atoms with Crippen molar-refractivity contribution in [3.63, 3.8) is 0 Å². The number of aromatic nitrogens is 1. The molecule has 1 atom stereocenters. The summed E-state index contributed by atoms with van der Waals surface area (Å²) in [6.07, 6.45) is 2.61. The zero-order valence-electron chi connectivity index (χ0n) is 12.6. The second-order valence-electron chi connectivity index (χ2n) is 6.64. The molecule has 1 saturated carbocycles. The Labute approximate surface area is 129 Å². The van der Waals surface area contributed by atoms with E-state index in [0.29, 0.717) is 6.04 Å². The van der Waals surface area contributed by atoms with E-state index in [2.05, 4.69) is 50.5 Å². The molecule has 0 saturated heterocycles. The molecule has 1 unspecified atom stereocenters. The molecule has 2 nitrogen and oxygen atoms in total. The number of rotatable bonds is 4. The molecule has 2 aromatic rings. The van der Waals surface area contributed by atoms with Crippen molar-refractivity contribution in [3.8, 4) is 0 Å². The first kappa shape index (κ1) is 14.2. The van der Waals surface area contributed by atoms with Gasteiger partial charge in [0, 0.05) is 26.6 Å². The van der Waals surface area contributed by atoms with E-state index < -0.39 is 0 Å². The van der Waals surface area contributed by atoms with Crippen molar-refractivity contribution in [1.29, 1.82) is 0 Å². The molecule has 0 aromatic carbocycles. The maximum atomic E-state index is 4.91. The summed E-state index contributed by atoms with van der Waals surface area (Å²) in [5, 5.41) is 7.19. The van der Waals surface area contributed by atoms with Gasteiger partial charge in [-0.05, 0) is 31.9 Å². The largest absolute Gasteiger partial charge is 0.301 e. The summed E-state index contributed by atoms with van der Waals surface area (Å²) in [7, 11) is 0. The van der Waals surface area contributed by atoms with E-state index in [0.717, 1.165) is 0 Å². The SMILES string of the molecule is Cc1ccc(C(NC2CC2)c2nc(C(C)(C)C)cs2)s1. The molecule has 1 N–H and O–H groups in total. The molecule has 0 radical (unpaired) electrons. The van der Waals surface area contributed by atoms with Crippen LogP contribution < -0.4 is 5.32 Å². The molecule has 4 heteroatoms. The third kappa shape index (κ3) is 3.13. The average Bonchev–Trinajstić information content (AvgIpc) is 2.88. The normalized spacial score (nSPS) is 17.4. The maximum absolute atomic E-state index is 4.91. The van der Waals surface area contributed by atoms with Crippen LogP contribution in [0.15, 0.2) is 17.5 Å². The molecule has 20 heavy (non-hydrogen) atoms. The van der Waals surface area contributed by atoms with E-state index in [1.165, 1.54) is 33.3 Å². The van der Waals surface area contributed by atoms with Gasteiger partial charge in [-0.15, -0.1) is 22.7 Å². The molecule has 0 aliphatic heterocycles. The summed E-state index contributed by atoms with van der Waals surface area (Å²) >= 11 is 3.67. The molecule has 0 spiro atoms. The van der Waals surface area contributed by atoms with Crippen LogP contribution in [0.5, 0.6) is 0 Å². The van der Waals surface area contributed by atoms with Gasteiger partial charge in [-0.1, -0.05) is 20.8 Å². The van der Waals surface area contributed by atoms with Gasteiger partial charge in [0.15, 0.2) is 0 Å². The highest BCUT2D eigenvalue weighted by Gasteiger charge is 2.29. The highest BCUT2D eigenvalue weighted by molar-refractivity contribution is 7.12. The van der Waals surface area contributed by atoms with Crippen LogP contribution in [0.2, 0.25) is 0 Å². The summed E-state index contributed by atoms with van der Waals surface area (Å²) in [4.78, 5) is 7.67. The van der Waals surface area contributed by atoms with E-state index in [1.54, 1.807) is 11.3 Å². The molecule has 3 rings (SSSR count). The summed E-state index contributed by atoms with van der Waals surface area (Å²) in [5.41, 5.74) is 1.33. The summed E-state index contributed by atoms with van der Waals surface area (Å²) in [5.74, 6) is 0. The predicted molar refractivity (Wildman–Crippen MR) is 87.9 cm³/mol. The highest BCUT2D eigenvalue weighted by Crippen LogP contribution is 2.35. The first-order chi connectivity index (χ1) is 9.43. The minimum Gasteiger partial charge on any atom is -0.301 e. The van der Waals surface area contributed by atoms with Crippen molar-refractivity contribution >= 4 is 22.7 Å². The van der Waals surface area contributed by atoms with Crippen LogP contribution in [0.25, 0.3) is 0 Å². The van der Waals surface area contributed by atoms with Gasteiger partial charge < -0.3 is 5.32 Å². The van der Waals surface area contributed by atoms with E-state index in [1.807, 2.05) is 11.3 Å². The Morgan fingerprint density at radius 3 is 2.55 bits per heavy atom.